The minimum absolute atomic E-state index is 0.171. The Kier molecular flexibility index (Phi) is 7.93. The van der Waals surface area contributed by atoms with E-state index in [1.54, 1.807) is 0 Å². The number of cyclic esters (lactones) is 2. The molecule has 0 N–H and O–H groups in total. The van der Waals surface area contributed by atoms with Gasteiger partial charge in [-0.2, -0.15) is 0 Å². The maximum Gasteiger partial charge on any atom is 0.305 e. The van der Waals surface area contributed by atoms with Crippen LogP contribution in [0.15, 0.2) is 12.2 Å². The lowest BCUT2D eigenvalue weighted by molar-refractivity contribution is -0.152. The van der Waals surface area contributed by atoms with E-state index in [1.807, 2.05) is 0 Å². The lowest BCUT2D eigenvalue weighted by Gasteiger charge is -2.06. The minimum atomic E-state index is -0.206. The molecule has 0 saturated heterocycles. The first kappa shape index (κ1) is 14.7. The van der Waals surface area contributed by atoms with E-state index in [9.17, 15) is 9.59 Å². The van der Waals surface area contributed by atoms with Gasteiger partial charge in [0.2, 0.25) is 0 Å². The van der Waals surface area contributed by atoms with Crippen molar-refractivity contribution in [3.63, 3.8) is 0 Å². The molecule has 1 aliphatic heterocycles. The van der Waals surface area contributed by atoms with Crippen LogP contribution in [0.3, 0.4) is 0 Å². The fourth-order valence-corrected chi connectivity index (χ4v) is 1.75. The third-order valence-corrected chi connectivity index (χ3v) is 2.78. The SMILES string of the molecule is O=C1CCCC/C=C\CCCCC(=O)OCCO1. The van der Waals surface area contributed by atoms with Gasteiger partial charge in [0.25, 0.3) is 0 Å². The van der Waals surface area contributed by atoms with Crippen LogP contribution in [0, 0.1) is 0 Å². The van der Waals surface area contributed by atoms with E-state index in [4.69, 9.17) is 9.47 Å². The van der Waals surface area contributed by atoms with Crippen molar-refractivity contribution in [2.24, 2.45) is 0 Å². The maximum absolute atomic E-state index is 11.3. The van der Waals surface area contributed by atoms with Crippen LogP contribution in [-0.2, 0) is 19.1 Å². The van der Waals surface area contributed by atoms with Gasteiger partial charge in [-0.3, -0.25) is 9.59 Å². The van der Waals surface area contributed by atoms with Crippen molar-refractivity contribution < 1.29 is 19.1 Å². The van der Waals surface area contributed by atoms with E-state index in [2.05, 4.69) is 12.2 Å². The molecule has 1 rings (SSSR count). The molecule has 0 radical (unpaired) electrons. The lowest BCUT2D eigenvalue weighted by atomic mass is 10.1. The van der Waals surface area contributed by atoms with Crippen molar-refractivity contribution in [2.75, 3.05) is 13.2 Å². The summed E-state index contributed by atoms with van der Waals surface area (Å²) in [7, 11) is 0. The molecule has 102 valence electrons. The number of hydrogen-bond acceptors (Lipinski definition) is 4. The number of hydrogen-bond donors (Lipinski definition) is 0. The zero-order valence-corrected chi connectivity index (χ0v) is 10.9. The summed E-state index contributed by atoms with van der Waals surface area (Å²) in [6.45, 7) is 0.342. The zero-order valence-electron chi connectivity index (χ0n) is 10.9. The van der Waals surface area contributed by atoms with Gasteiger partial charge in [-0.05, 0) is 38.5 Å². The summed E-state index contributed by atoms with van der Waals surface area (Å²) in [5.74, 6) is -0.413. The van der Waals surface area contributed by atoms with Crippen LogP contribution in [0.5, 0.6) is 0 Å². The second kappa shape index (κ2) is 9.68. The summed E-state index contributed by atoms with van der Waals surface area (Å²) in [6.07, 6.45) is 10.9. The van der Waals surface area contributed by atoms with Gasteiger partial charge in [0.15, 0.2) is 0 Å². The summed E-state index contributed by atoms with van der Waals surface area (Å²) < 4.78 is 9.91. The van der Waals surface area contributed by atoms with Gasteiger partial charge in [-0.1, -0.05) is 12.2 Å². The molecule has 0 amide bonds. The van der Waals surface area contributed by atoms with Crippen molar-refractivity contribution in [2.45, 2.75) is 51.4 Å². The van der Waals surface area contributed by atoms with Crippen LogP contribution in [0.4, 0.5) is 0 Å². The first-order valence-corrected chi connectivity index (χ1v) is 6.75. The molecular formula is C14H22O4. The minimum Gasteiger partial charge on any atom is -0.462 e. The monoisotopic (exact) mass is 254 g/mol. The van der Waals surface area contributed by atoms with Crippen molar-refractivity contribution in [3.8, 4) is 0 Å². The molecule has 0 spiro atoms. The van der Waals surface area contributed by atoms with E-state index in [1.165, 1.54) is 0 Å². The topological polar surface area (TPSA) is 52.6 Å². The van der Waals surface area contributed by atoms with Crippen LogP contribution in [0.1, 0.15) is 51.4 Å². The van der Waals surface area contributed by atoms with Crippen LogP contribution < -0.4 is 0 Å². The van der Waals surface area contributed by atoms with Gasteiger partial charge in [0, 0.05) is 12.8 Å². The Labute approximate surface area is 108 Å². The molecule has 4 nitrogen and oxygen atoms in total. The molecule has 4 heteroatoms. The number of rotatable bonds is 0. The zero-order chi connectivity index (χ0) is 13.1. The smallest absolute Gasteiger partial charge is 0.305 e. The molecule has 0 unspecified atom stereocenters. The summed E-state index contributed by atoms with van der Waals surface area (Å²) in [4.78, 5) is 22.6. The highest BCUT2D eigenvalue weighted by Crippen LogP contribution is 2.06. The maximum atomic E-state index is 11.3. The highest BCUT2D eigenvalue weighted by molar-refractivity contribution is 5.70. The molecule has 0 aromatic rings. The molecule has 0 aromatic carbocycles. The van der Waals surface area contributed by atoms with E-state index < -0.39 is 0 Å². The Morgan fingerprint density at radius 1 is 0.722 bits per heavy atom. The predicted octanol–water partition coefficient (Wildman–Crippen LogP) is 2.76. The van der Waals surface area contributed by atoms with Crippen molar-refractivity contribution in [1.82, 2.24) is 0 Å². The quantitative estimate of drug-likeness (QED) is 0.492. The van der Waals surface area contributed by atoms with E-state index in [-0.39, 0.29) is 25.2 Å². The summed E-state index contributed by atoms with van der Waals surface area (Å²) in [5, 5.41) is 0. The lowest BCUT2D eigenvalue weighted by Crippen LogP contribution is -2.13. The Morgan fingerprint density at radius 3 is 1.61 bits per heavy atom. The first-order valence-electron chi connectivity index (χ1n) is 6.75. The van der Waals surface area contributed by atoms with E-state index in [0.29, 0.717) is 12.8 Å². The Balaban J connectivity index is 2.29. The highest BCUT2D eigenvalue weighted by Gasteiger charge is 2.05. The van der Waals surface area contributed by atoms with Gasteiger partial charge in [-0.15, -0.1) is 0 Å². The van der Waals surface area contributed by atoms with Gasteiger partial charge in [0.1, 0.15) is 13.2 Å². The van der Waals surface area contributed by atoms with Crippen LogP contribution in [0.25, 0.3) is 0 Å². The predicted molar refractivity (Wildman–Crippen MR) is 68.0 cm³/mol. The molecule has 0 saturated carbocycles. The Hall–Kier alpha value is -1.32. The van der Waals surface area contributed by atoms with Crippen molar-refractivity contribution in [1.29, 1.82) is 0 Å². The molecule has 18 heavy (non-hydrogen) atoms. The average Bonchev–Trinajstić information content (AvgIpc) is 2.35. The second-order valence-corrected chi connectivity index (χ2v) is 4.40. The normalized spacial score (nSPS) is 22.9. The standard InChI is InChI=1S/C14H22O4/c15-13-9-7-5-3-1-2-4-6-8-10-14(16)18-12-11-17-13/h1-2H,3-12H2/b2-1-. The Bertz CT molecular complexity index is 256. The fraction of sp³-hybridized carbons (Fsp3) is 0.714. The molecule has 0 atom stereocenters. The van der Waals surface area contributed by atoms with Crippen LogP contribution in [0.2, 0.25) is 0 Å². The largest absolute Gasteiger partial charge is 0.462 e. The van der Waals surface area contributed by atoms with E-state index in [0.717, 1.165) is 38.5 Å². The third-order valence-electron chi connectivity index (χ3n) is 2.78. The number of carbonyl (C=O) groups excluding carboxylic acids is 2. The van der Waals surface area contributed by atoms with Crippen LogP contribution in [-0.4, -0.2) is 25.2 Å². The van der Waals surface area contributed by atoms with Crippen molar-refractivity contribution >= 4 is 11.9 Å². The molecule has 1 heterocycles. The van der Waals surface area contributed by atoms with Crippen LogP contribution >= 0.6 is 0 Å². The number of allylic oxidation sites excluding steroid dienone is 2. The van der Waals surface area contributed by atoms with Gasteiger partial charge < -0.3 is 9.47 Å². The number of esters is 2. The summed E-state index contributed by atoms with van der Waals surface area (Å²) in [5.41, 5.74) is 0. The fourth-order valence-electron chi connectivity index (χ4n) is 1.75. The first-order chi connectivity index (χ1) is 8.79. The van der Waals surface area contributed by atoms with Crippen molar-refractivity contribution in [3.05, 3.63) is 12.2 Å². The average molecular weight is 254 g/mol. The van der Waals surface area contributed by atoms with Gasteiger partial charge >= 0.3 is 11.9 Å². The highest BCUT2D eigenvalue weighted by atomic mass is 16.6. The molecule has 0 aliphatic carbocycles. The van der Waals surface area contributed by atoms with E-state index >= 15 is 0 Å². The van der Waals surface area contributed by atoms with Gasteiger partial charge in [-0.25, -0.2) is 0 Å². The molecule has 0 bridgehead atoms. The molecule has 1 aliphatic rings. The second-order valence-electron chi connectivity index (χ2n) is 4.40. The third kappa shape index (κ3) is 7.87. The summed E-state index contributed by atoms with van der Waals surface area (Å²) >= 11 is 0. The summed E-state index contributed by atoms with van der Waals surface area (Å²) in [6, 6.07) is 0. The van der Waals surface area contributed by atoms with Gasteiger partial charge in [0.05, 0.1) is 0 Å². The molecular weight excluding hydrogens is 232 g/mol. The number of ether oxygens (including phenoxy) is 2. The molecule has 0 aromatic heterocycles. The molecule has 0 fully saturated rings. The number of carbonyl (C=O) groups is 2. The Morgan fingerprint density at radius 2 is 1.17 bits per heavy atom.